The second kappa shape index (κ2) is 7.66. The summed E-state index contributed by atoms with van der Waals surface area (Å²) in [5.41, 5.74) is 5.95. The molecule has 1 saturated heterocycles. The number of nitrogens with zero attached hydrogens (tertiary/aromatic N) is 2. The molecule has 1 aliphatic rings. The van der Waals surface area contributed by atoms with Crippen LogP contribution in [0.2, 0.25) is 0 Å². The molecule has 3 rings (SSSR count). The molecule has 0 saturated carbocycles. The first-order valence-corrected chi connectivity index (χ1v) is 9.74. The Morgan fingerprint density at radius 1 is 1.14 bits per heavy atom. The van der Waals surface area contributed by atoms with Crippen LogP contribution in [-0.4, -0.2) is 71.3 Å². The van der Waals surface area contributed by atoms with E-state index in [9.17, 15) is 28.8 Å². The molecule has 5 atom stereocenters. The van der Waals surface area contributed by atoms with Gasteiger partial charge in [0.15, 0.2) is 12.0 Å². The van der Waals surface area contributed by atoms with Crippen molar-refractivity contribution in [3.8, 4) is 0 Å². The summed E-state index contributed by atoms with van der Waals surface area (Å²) in [6.07, 6.45) is -8.24. The Hall–Kier alpha value is -2.22. The highest BCUT2D eigenvalue weighted by Crippen LogP contribution is 2.32. The maximum absolute atomic E-state index is 13.3. The van der Waals surface area contributed by atoms with Crippen LogP contribution in [0.3, 0.4) is 0 Å². The number of nitrogens with two attached hydrogens (primary N) is 1. The van der Waals surface area contributed by atoms with Crippen molar-refractivity contribution in [2.24, 2.45) is 0 Å². The molecule has 28 heavy (non-hydrogen) atoms. The number of aromatic nitrogens is 1. The molecule has 0 bridgehead atoms. The van der Waals surface area contributed by atoms with Gasteiger partial charge >= 0.3 is 0 Å². The van der Waals surface area contributed by atoms with Crippen molar-refractivity contribution in [1.82, 2.24) is 5.16 Å². The van der Waals surface area contributed by atoms with E-state index >= 15 is 0 Å². The van der Waals surface area contributed by atoms with Gasteiger partial charge in [0.1, 0.15) is 30.2 Å². The van der Waals surface area contributed by atoms with Gasteiger partial charge in [-0.25, -0.2) is 12.7 Å². The van der Waals surface area contributed by atoms with Gasteiger partial charge in [0, 0.05) is 11.8 Å². The number of ether oxygens (including phenoxy) is 1. The Balaban J connectivity index is 2.11. The molecule has 1 aromatic carbocycles. The first-order chi connectivity index (χ1) is 13.2. The minimum absolute atomic E-state index is 0.181. The number of sulfonamides is 1. The summed E-state index contributed by atoms with van der Waals surface area (Å²) >= 11 is 0. The van der Waals surface area contributed by atoms with Crippen molar-refractivity contribution in [3.05, 3.63) is 36.1 Å². The number of anilines is 2. The van der Waals surface area contributed by atoms with E-state index in [0.717, 1.165) is 0 Å². The Morgan fingerprint density at radius 2 is 1.79 bits per heavy atom. The van der Waals surface area contributed by atoms with Crippen LogP contribution in [0.25, 0.3) is 0 Å². The van der Waals surface area contributed by atoms with Gasteiger partial charge in [-0.2, -0.15) is 0 Å². The van der Waals surface area contributed by atoms with Crippen LogP contribution in [0.4, 0.5) is 11.5 Å². The van der Waals surface area contributed by atoms with Crippen LogP contribution in [0.5, 0.6) is 0 Å². The van der Waals surface area contributed by atoms with Gasteiger partial charge < -0.3 is 35.4 Å². The van der Waals surface area contributed by atoms with Crippen molar-refractivity contribution >= 4 is 21.5 Å². The van der Waals surface area contributed by atoms with Crippen LogP contribution in [0, 0.1) is 6.92 Å². The molecule has 11 nitrogen and oxygen atoms in total. The van der Waals surface area contributed by atoms with E-state index in [1.54, 1.807) is 0 Å². The van der Waals surface area contributed by atoms with Crippen molar-refractivity contribution in [3.63, 3.8) is 0 Å². The highest BCUT2D eigenvalue weighted by molar-refractivity contribution is 7.92. The summed E-state index contributed by atoms with van der Waals surface area (Å²) < 4.78 is 37.6. The molecular weight excluding hydrogens is 394 g/mol. The molecular formula is C16H21N3O8S. The topological polar surface area (TPSA) is 180 Å². The molecule has 1 fully saturated rings. The van der Waals surface area contributed by atoms with Gasteiger partial charge in [-0.1, -0.05) is 5.16 Å². The number of benzene rings is 1. The molecule has 0 radical (unpaired) electrons. The van der Waals surface area contributed by atoms with E-state index in [1.165, 1.54) is 37.3 Å². The number of aliphatic hydroxyl groups is 4. The molecule has 1 aliphatic heterocycles. The van der Waals surface area contributed by atoms with Crippen LogP contribution < -0.4 is 10.0 Å². The van der Waals surface area contributed by atoms with Crippen LogP contribution in [-0.2, 0) is 14.8 Å². The molecule has 2 aromatic rings. The summed E-state index contributed by atoms with van der Waals surface area (Å²) in [6, 6.07) is 6.58. The Bertz CT molecular complexity index is 914. The normalized spacial score (nSPS) is 28.2. The molecule has 2 heterocycles. The highest BCUT2D eigenvalue weighted by Gasteiger charge is 2.49. The lowest BCUT2D eigenvalue weighted by Crippen LogP contribution is -2.64. The first kappa shape index (κ1) is 20.5. The average molecular weight is 415 g/mol. The summed E-state index contributed by atoms with van der Waals surface area (Å²) in [5, 5.41) is 43.5. The minimum atomic E-state index is -4.37. The Kier molecular flexibility index (Phi) is 5.61. The molecule has 154 valence electrons. The number of hydrogen-bond donors (Lipinski definition) is 5. The minimum Gasteiger partial charge on any atom is -0.399 e. The monoisotopic (exact) mass is 415 g/mol. The van der Waals surface area contributed by atoms with Gasteiger partial charge in [-0.15, -0.1) is 0 Å². The van der Waals surface area contributed by atoms with Gasteiger partial charge in [0.25, 0.3) is 10.0 Å². The molecule has 0 aliphatic carbocycles. The maximum Gasteiger partial charge on any atom is 0.267 e. The predicted molar refractivity (Wildman–Crippen MR) is 95.5 cm³/mol. The van der Waals surface area contributed by atoms with Gasteiger partial charge in [-0.3, -0.25) is 0 Å². The predicted octanol–water partition coefficient (Wildman–Crippen LogP) is -1.44. The van der Waals surface area contributed by atoms with E-state index in [2.05, 4.69) is 5.16 Å². The number of rotatable bonds is 5. The average Bonchev–Trinajstić information content (AvgIpc) is 3.08. The fourth-order valence-corrected chi connectivity index (χ4v) is 4.36. The van der Waals surface area contributed by atoms with E-state index in [4.69, 9.17) is 15.0 Å². The lowest BCUT2D eigenvalue weighted by Gasteiger charge is -2.43. The second-order valence-corrected chi connectivity index (χ2v) is 8.20. The van der Waals surface area contributed by atoms with Gasteiger partial charge in [0.05, 0.1) is 11.5 Å². The second-order valence-electron chi connectivity index (χ2n) is 6.39. The third-order valence-electron chi connectivity index (χ3n) is 4.38. The summed E-state index contributed by atoms with van der Waals surface area (Å²) in [7, 11) is -4.37. The fourth-order valence-electron chi connectivity index (χ4n) is 2.88. The van der Waals surface area contributed by atoms with E-state index in [-0.39, 0.29) is 16.5 Å². The quantitative estimate of drug-likeness (QED) is 0.363. The van der Waals surface area contributed by atoms with E-state index < -0.39 is 47.3 Å². The van der Waals surface area contributed by atoms with Crippen molar-refractivity contribution < 1.29 is 38.1 Å². The van der Waals surface area contributed by atoms with Gasteiger partial charge in [-0.05, 0) is 31.2 Å². The zero-order valence-corrected chi connectivity index (χ0v) is 15.6. The SMILES string of the molecule is Cc1cc(N([C@@H]2O[C@H](CO)[C@@H](O)[C@H](O)[C@H]2O)S(=O)(=O)c2ccc(N)cc2)no1. The van der Waals surface area contributed by atoms with Crippen LogP contribution in [0.1, 0.15) is 5.76 Å². The summed E-state index contributed by atoms with van der Waals surface area (Å²) in [5.74, 6) is 0.0794. The molecule has 1 aromatic heterocycles. The summed E-state index contributed by atoms with van der Waals surface area (Å²) in [6.45, 7) is 0.826. The van der Waals surface area contributed by atoms with Crippen molar-refractivity contribution in [1.29, 1.82) is 0 Å². The third kappa shape index (κ3) is 3.57. The lowest BCUT2D eigenvalue weighted by atomic mass is 9.98. The molecule has 6 N–H and O–H groups in total. The Morgan fingerprint density at radius 3 is 2.32 bits per heavy atom. The fraction of sp³-hybridized carbons (Fsp3) is 0.438. The number of aliphatic hydroxyl groups excluding tert-OH is 4. The van der Waals surface area contributed by atoms with E-state index in [1.807, 2.05) is 0 Å². The molecule has 0 spiro atoms. The van der Waals surface area contributed by atoms with Gasteiger partial charge in [0.2, 0.25) is 0 Å². The summed E-state index contributed by atoms with van der Waals surface area (Å²) in [4.78, 5) is -0.181. The van der Waals surface area contributed by atoms with E-state index in [0.29, 0.717) is 9.99 Å². The lowest BCUT2D eigenvalue weighted by molar-refractivity contribution is -0.225. The third-order valence-corrected chi connectivity index (χ3v) is 6.16. The zero-order chi connectivity index (χ0) is 20.6. The molecule has 0 amide bonds. The number of nitrogen functional groups attached to an aromatic ring is 1. The number of aryl methyl sites for hydroxylation is 1. The highest BCUT2D eigenvalue weighted by atomic mass is 32.2. The number of hydrogen-bond acceptors (Lipinski definition) is 10. The molecule has 12 heteroatoms. The van der Waals surface area contributed by atoms with Crippen LogP contribution in [0.15, 0.2) is 39.8 Å². The largest absolute Gasteiger partial charge is 0.399 e. The van der Waals surface area contributed by atoms with Crippen molar-refractivity contribution in [2.45, 2.75) is 42.5 Å². The Labute approximate surface area is 160 Å². The first-order valence-electron chi connectivity index (χ1n) is 8.30. The maximum atomic E-state index is 13.3. The van der Waals surface area contributed by atoms with Crippen LogP contribution >= 0.6 is 0 Å². The smallest absolute Gasteiger partial charge is 0.267 e. The molecule has 0 unspecified atom stereocenters. The zero-order valence-electron chi connectivity index (χ0n) is 14.8. The van der Waals surface area contributed by atoms with Crippen molar-refractivity contribution in [2.75, 3.05) is 16.6 Å². The standard InChI is InChI=1S/C16H21N3O8S/c1-8-6-12(18-27-8)19(28(24,25)10-4-2-9(17)3-5-10)16-15(23)14(22)13(21)11(7-20)26-16/h2-6,11,13-16,20-23H,7,17H2,1H3/t11-,13-,14+,15-,16-/m1/s1.